The fourth-order valence-electron chi connectivity index (χ4n) is 4.48. The summed E-state index contributed by atoms with van der Waals surface area (Å²) in [6.07, 6.45) is 6.58. The van der Waals surface area contributed by atoms with Gasteiger partial charge in [0.25, 0.3) is 5.91 Å². The van der Waals surface area contributed by atoms with Crippen LogP contribution in [0.3, 0.4) is 0 Å². The minimum Gasteiger partial charge on any atom is -0.494 e. The first kappa shape index (κ1) is 24.4. The van der Waals surface area contributed by atoms with E-state index in [-0.39, 0.29) is 23.3 Å². The van der Waals surface area contributed by atoms with Crippen LogP contribution in [0, 0.1) is 5.82 Å². The zero-order valence-electron chi connectivity index (χ0n) is 19.8. The van der Waals surface area contributed by atoms with Crippen LogP contribution >= 0.6 is 0 Å². The molecule has 0 aliphatic heterocycles. The fraction of sp³-hybridized carbons (Fsp3) is 0.321. The second-order valence-electron chi connectivity index (χ2n) is 8.62. The largest absolute Gasteiger partial charge is 0.494 e. The number of pyridine rings is 1. The van der Waals surface area contributed by atoms with Crippen molar-refractivity contribution in [2.45, 2.75) is 51.1 Å². The smallest absolute Gasteiger partial charge is 0.277 e. The van der Waals surface area contributed by atoms with Gasteiger partial charge in [-0.25, -0.2) is 4.39 Å². The average Bonchev–Trinajstić information content (AvgIpc) is 2.89. The zero-order chi connectivity index (χ0) is 24.6. The maximum Gasteiger partial charge on any atom is 0.277 e. The molecule has 182 valence electrons. The van der Waals surface area contributed by atoms with Crippen LogP contribution in [0.15, 0.2) is 72.9 Å². The maximum absolute atomic E-state index is 14.3. The Morgan fingerprint density at radius 3 is 2.49 bits per heavy atom. The van der Waals surface area contributed by atoms with Crippen LogP contribution in [0.25, 0.3) is 0 Å². The Morgan fingerprint density at radius 1 is 1.06 bits per heavy atom. The molecule has 0 bridgehead atoms. The Labute approximate surface area is 205 Å². The van der Waals surface area contributed by atoms with Crippen LogP contribution in [0.2, 0.25) is 0 Å². The molecule has 4 rings (SSSR count). The molecule has 1 saturated carbocycles. The minimum atomic E-state index is -1.02. The van der Waals surface area contributed by atoms with Crippen molar-refractivity contribution in [2.24, 2.45) is 0 Å². The monoisotopic (exact) mass is 475 g/mol. The summed E-state index contributed by atoms with van der Waals surface area (Å²) in [6.45, 7) is 2.41. The second kappa shape index (κ2) is 11.6. The molecule has 1 aliphatic carbocycles. The normalized spacial score (nSPS) is 14.7. The van der Waals surface area contributed by atoms with Crippen molar-refractivity contribution in [3.05, 3.63) is 90.0 Å². The predicted octanol–water partition coefficient (Wildman–Crippen LogP) is 5.46. The summed E-state index contributed by atoms with van der Waals surface area (Å²) in [7, 11) is 0. The second-order valence-corrected chi connectivity index (χ2v) is 8.62. The molecule has 0 radical (unpaired) electrons. The number of carbonyl (C=O) groups excluding carboxylic acids is 2. The first-order valence-corrected chi connectivity index (χ1v) is 12.1. The third-order valence-corrected chi connectivity index (χ3v) is 6.15. The van der Waals surface area contributed by atoms with Gasteiger partial charge in [-0.15, -0.1) is 0 Å². The number of nitrogens with zero attached hydrogens (tertiary/aromatic N) is 2. The van der Waals surface area contributed by atoms with Gasteiger partial charge in [0.1, 0.15) is 23.3 Å². The van der Waals surface area contributed by atoms with Crippen molar-refractivity contribution in [3.8, 4) is 5.75 Å². The molecule has 1 aromatic heterocycles. The molecule has 7 heteroatoms. The highest BCUT2D eigenvalue weighted by molar-refractivity contribution is 6.09. The molecule has 1 N–H and O–H groups in total. The molecule has 6 nitrogen and oxygen atoms in total. The molecule has 3 aromatic rings. The van der Waals surface area contributed by atoms with Crippen LogP contribution in [-0.4, -0.2) is 29.4 Å². The molecule has 1 aliphatic rings. The van der Waals surface area contributed by atoms with E-state index in [9.17, 15) is 14.0 Å². The van der Waals surface area contributed by atoms with Gasteiger partial charge in [0.15, 0.2) is 0 Å². The summed E-state index contributed by atoms with van der Waals surface area (Å²) in [5, 5.41) is 3.15. The van der Waals surface area contributed by atoms with Gasteiger partial charge in [-0.3, -0.25) is 19.5 Å². The third-order valence-electron chi connectivity index (χ3n) is 6.15. The summed E-state index contributed by atoms with van der Waals surface area (Å²) in [5.74, 6) is -0.640. The van der Waals surface area contributed by atoms with Gasteiger partial charge in [0, 0.05) is 17.9 Å². The molecule has 35 heavy (non-hydrogen) atoms. The molecule has 0 saturated heterocycles. The summed E-state index contributed by atoms with van der Waals surface area (Å²) < 4.78 is 19.9. The summed E-state index contributed by atoms with van der Waals surface area (Å²) in [4.78, 5) is 33.1. The van der Waals surface area contributed by atoms with Gasteiger partial charge in [0.05, 0.1) is 6.61 Å². The molecule has 0 unspecified atom stereocenters. The highest BCUT2D eigenvalue weighted by Gasteiger charge is 2.35. The standard InChI is InChI=1S/C28H30FN3O3/c1-2-35-24-16-14-20(15-17-24)26(27(33)31-22-10-4-3-5-11-22)32(23-12-8-9-21(29)19-23)28(34)25-13-6-7-18-30-25/h6-9,12-19,22,26H,2-5,10-11H2,1H3,(H,31,33)/t26-/m1/s1. The van der Waals surface area contributed by atoms with Gasteiger partial charge < -0.3 is 10.1 Å². The Morgan fingerprint density at radius 2 is 1.83 bits per heavy atom. The van der Waals surface area contributed by atoms with E-state index in [1.165, 1.54) is 29.3 Å². The van der Waals surface area contributed by atoms with E-state index < -0.39 is 17.8 Å². The van der Waals surface area contributed by atoms with Crippen molar-refractivity contribution in [1.82, 2.24) is 10.3 Å². The summed E-state index contributed by atoms with van der Waals surface area (Å²) >= 11 is 0. The van der Waals surface area contributed by atoms with Crippen LogP contribution in [-0.2, 0) is 4.79 Å². The van der Waals surface area contributed by atoms with E-state index in [1.807, 2.05) is 6.92 Å². The number of aromatic nitrogens is 1. The number of carbonyl (C=O) groups is 2. The predicted molar refractivity (Wildman–Crippen MR) is 133 cm³/mol. The molecule has 2 amide bonds. The summed E-state index contributed by atoms with van der Waals surface area (Å²) in [6, 6.07) is 16.8. The van der Waals surface area contributed by atoms with E-state index in [1.54, 1.807) is 48.5 Å². The van der Waals surface area contributed by atoms with Gasteiger partial charge in [-0.05, 0) is 67.8 Å². The Balaban J connectivity index is 1.79. The van der Waals surface area contributed by atoms with E-state index in [4.69, 9.17) is 4.74 Å². The molecular formula is C28H30FN3O3. The molecular weight excluding hydrogens is 445 g/mol. The first-order chi connectivity index (χ1) is 17.1. The maximum atomic E-state index is 14.3. The molecule has 1 fully saturated rings. The molecule has 0 spiro atoms. The van der Waals surface area contributed by atoms with Gasteiger partial charge in [-0.1, -0.05) is 43.5 Å². The van der Waals surface area contributed by atoms with Crippen LogP contribution in [0.5, 0.6) is 5.75 Å². The molecule has 2 aromatic carbocycles. The van der Waals surface area contributed by atoms with Crippen LogP contribution in [0.1, 0.15) is 61.1 Å². The van der Waals surface area contributed by atoms with E-state index in [0.29, 0.717) is 17.9 Å². The Bertz CT molecular complexity index is 1130. The lowest BCUT2D eigenvalue weighted by atomic mass is 9.94. The van der Waals surface area contributed by atoms with Crippen molar-refractivity contribution in [3.63, 3.8) is 0 Å². The highest BCUT2D eigenvalue weighted by Crippen LogP contribution is 2.31. The van der Waals surface area contributed by atoms with Crippen molar-refractivity contribution in [1.29, 1.82) is 0 Å². The minimum absolute atomic E-state index is 0.0424. The number of hydrogen-bond acceptors (Lipinski definition) is 4. The lowest BCUT2D eigenvalue weighted by Gasteiger charge is -2.33. The molecule has 1 heterocycles. The Kier molecular flexibility index (Phi) is 8.08. The third kappa shape index (κ3) is 6.04. The topological polar surface area (TPSA) is 71.5 Å². The number of anilines is 1. The fourth-order valence-corrected chi connectivity index (χ4v) is 4.48. The van der Waals surface area contributed by atoms with Gasteiger partial charge in [-0.2, -0.15) is 0 Å². The number of benzene rings is 2. The first-order valence-electron chi connectivity index (χ1n) is 12.1. The van der Waals surface area contributed by atoms with Gasteiger partial charge >= 0.3 is 0 Å². The lowest BCUT2D eigenvalue weighted by Crippen LogP contribution is -2.47. The number of amides is 2. The average molecular weight is 476 g/mol. The quantitative estimate of drug-likeness (QED) is 0.470. The van der Waals surface area contributed by atoms with Crippen molar-refractivity contribution in [2.75, 3.05) is 11.5 Å². The number of nitrogens with one attached hydrogen (secondary N) is 1. The molecule has 1 atom stereocenters. The SMILES string of the molecule is CCOc1ccc([C@H](C(=O)NC2CCCCC2)N(C(=O)c2ccccn2)c2cccc(F)c2)cc1. The Hall–Kier alpha value is -3.74. The lowest BCUT2D eigenvalue weighted by molar-refractivity contribution is -0.123. The zero-order valence-corrected chi connectivity index (χ0v) is 19.8. The van der Waals surface area contributed by atoms with Gasteiger partial charge in [0.2, 0.25) is 5.91 Å². The van der Waals surface area contributed by atoms with E-state index in [2.05, 4.69) is 10.3 Å². The summed E-state index contributed by atoms with van der Waals surface area (Å²) in [5.41, 5.74) is 1.03. The number of halogens is 1. The van der Waals surface area contributed by atoms with E-state index in [0.717, 1.165) is 32.1 Å². The number of hydrogen-bond donors (Lipinski definition) is 1. The van der Waals surface area contributed by atoms with Crippen molar-refractivity contribution < 1.29 is 18.7 Å². The highest BCUT2D eigenvalue weighted by atomic mass is 19.1. The van der Waals surface area contributed by atoms with Crippen molar-refractivity contribution >= 4 is 17.5 Å². The number of ether oxygens (including phenoxy) is 1. The van der Waals surface area contributed by atoms with E-state index >= 15 is 0 Å². The number of rotatable bonds is 8. The van der Waals surface area contributed by atoms with Crippen LogP contribution < -0.4 is 15.0 Å². The van der Waals surface area contributed by atoms with Crippen LogP contribution in [0.4, 0.5) is 10.1 Å².